The zero-order valence-electron chi connectivity index (χ0n) is 19.6. The van der Waals surface area contributed by atoms with E-state index in [4.69, 9.17) is 6.57 Å². The summed E-state index contributed by atoms with van der Waals surface area (Å²) in [6.07, 6.45) is 1.40. The van der Waals surface area contributed by atoms with Crippen LogP contribution in [-0.2, 0) is 0 Å². The van der Waals surface area contributed by atoms with Gasteiger partial charge in [-0.1, -0.05) is 65.9 Å². The highest BCUT2D eigenvalue weighted by atomic mass is 32.1. The Bertz CT molecular complexity index is 1870. The summed E-state index contributed by atoms with van der Waals surface area (Å²) >= 11 is 1.40. The Labute approximate surface area is 220 Å². The molecule has 182 valence electrons. The van der Waals surface area contributed by atoms with Gasteiger partial charge in [0, 0.05) is 5.69 Å². The van der Waals surface area contributed by atoms with Crippen molar-refractivity contribution in [2.75, 3.05) is 5.32 Å². The van der Waals surface area contributed by atoms with Gasteiger partial charge >= 0.3 is 0 Å². The molecule has 2 heterocycles. The summed E-state index contributed by atoms with van der Waals surface area (Å²) in [7, 11) is 0. The van der Waals surface area contributed by atoms with Crippen molar-refractivity contribution in [3.05, 3.63) is 108 Å². The average molecular weight is 516 g/mol. The minimum atomic E-state index is -0.483. The molecule has 0 spiro atoms. The number of nitrogens with zero attached hydrogens (tertiary/aromatic N) is 6. The minimum Gasteiger partial charge on any atom is -0.505 e. The summed E-state index contributed by atoms with van der Waals surface area (Å²) in [6, 6.07) is 25.5. The summed E-state index contributed by atoms with van der Waals surface area (Å²) in [5.41, 5.74) is 1.72. The molecule has 0 unspecified atom stereocenters. The maximum absolute atomic E-state index is 13.3. The molecule has 10 heteroatoms. The van der Waals surface area contributed by atoms with Gasteiger partial charge in [-0.15, -0.1) is 10.2 Å². The van der Waals surface area contributed by atoms with E-state index in [0.717, 1.165) is 10.2 Å². The largest absolute Gasteiger partial charge is 0.505 e. The Kier molecular flexibility index (Phi) is 5.80. The number of anilines is 1. The number of carbonyl (C=O) groups is 1. The van der Waals surface area contributed by atoms with Crippen LogP contribution in [0.1, 0.15) is 10.4 Å². The number of thiazole rings is 1. The van der Waals surface area contributed by atoms with E-state index >= 15 is 0 Å². The molecule has 4 aromatic carbocycles. The van der Waals surface area contributed by atoms with Gasteiger partial charge in [-0.2, -0.15) is 9.78 Å². The topological polar surface area (TPSA) is 109 Å². The molecule has 0 aliphatic heterocycles. The molecule has 0 atom stereocenters. The number of phenolic OH excluding ortho intramolecular Hbond substituents is 1. The second-order valence-electron chi connectivity index (χ2n) is 8.20. The lowest BCUT2D eigenvalue weighted by atomic mass is 10.0. The van der Waals surface area contributed by atoms with E-state index in [1.807, 2.05) is 54.6 Å². The Hall–Kier alpha value is -5.40. The fourth-order valence-electron chi connectivity index (χ4n) is 4.04. The Balaban J connectivity index is 1.44. The summed E-state index contributed by atoms with van der Waals surface area (Å²) < 4.78 is 2.41. The molecule has 1 amide bonds. The van der Waals surface area contributed by atoms with Crippen molar-refractivity contribution in [3.8, 4) is 10.9 Å². The van der Waals surface area contributed by atoms with Crippen LogP contribution in [-0.4, -0.2) is 25.8 Å². The van der Waals surface area contributed by atoms with Crippen LogP contribution < -0.4 is 5.32 Å². The van der Waals surface area contributed by atoms with Crippen LogP contribution in [0.15, 0.2) is 101 Å². The average Bonchev–Trinajstić information content (AvgIpc) is 3.56. The highest BCUT2D eigenvalue weighted by Gasteiger charge is 2.21. The second-order valence-corrected chi connectivity index (χ2v) is 9.21. The number of amides is 1. The van der Waals surface area contributed by atoms with Gasteiger partial charge < -0.3 is 10.4 Å². The summed E-state index contributed by atoms with van der Waals surface area (Å²) in [4.78, 5) is 21.4. The monoisotopic (exact) mass is 515 g/mol. The number of azo groups is 1. The number of aromatic hydroxyl groups is 1. The maximum Gasteiger partial charge on any atom is 0.260 e. The molecule has 6 rings (SSSR count). The lowest BCUT2D eigenvalue weighted by molar-refractivity contribution is 0.102. The molecular formula is C28H17N7O2S. The molecule has 0 radical (unpaired) electrons. The minimum absolute atomic E-state index is 0.0750. The molecule has 0 saturated carbocycles. The van der Waals surface area contributed by atoms with Crippen molar-refractivity contribution in [1.29, 1.82) is 0 Å². The molecule has 2 aromatic heterocycles. The van der Waals surface area contributed by atoms with E-state index in [1.54, 1.807) is 30.3 Å². The number of fused-ring (bicyclic) bond motifs is 2. The van der Waals surface area contributed by atoms with E-state index in [2.05, 4.69) is 30.5 Å². The molecule has 0 fully saturated rings. The van der Waals surface area contributed by atoms with Gasteiger partial charge in [0.05, 0.1) is 28.5 Å². The van der Waals surface area contributed by atoms with E-state index < -0.39 is 5.91 Å². The number of para-hydroxylation sites is 2. The van der Waals surface area contributed by atoms with Gasteiger partial charge in [-0.05, 0) is 41.1 Å². The lowest BCUT2D eigenvalue weighted by Crippen LogP contribution is -2.12. The third-order valence-electron chi connectivity index (χ3n) is 5.82. The predicted octanol–water partition coefficient (Wildman–Crippen LogP) is 7.56. The van der Waals surface area contributed by atoms with Crippen molar-refractivity contribution in [3.63, 3.8) is 0 Å². The third kappa shape index (κ3) is 4.13. The predicted molar refractivity (Wildman–Crippen MR) is 147 cm³/mol. The van der Waals surface area contributed by atoms with Gasteiger partial charge in [0.1, 0.15) is 5.69 Å². The highest BCUT2D eigenvalue weighted by molar-refractivity contribution is 7.20. The quantitative estimate of drug-likeness (QED) is 0.182. The molecule has 38 heavy (non-hydrogen) atoms. The molecular weight excluding hydrogens is 498 g/mol. The summed E-state index contributed by atoms with van der Waals surface area (Å²) in [6.45, 7) is 7.55. The number of hydrogen-bond donors (Lipinski definition) is 2. The Morgan fingerprint density at radius 2 is 1.76 bits per heavy atom. The van der Waals surface area contributed by atoms with Gasteiger partial charge in [0.15, 0.2) is 11.6 Å². The fourth-order valence-corrected chi connectivity index (χ4v) is 4.97. The molecule has 6 aromatic rings. The first kappa shape index (κ1) is 23.0. The maximum atomic E-state index is 13.3. The first-order valence-corrected chi connectivity index (χ1v) is 12.3. The highest BCUT2D eigenvalue weighted by Crippen LogP contribution is 2.40. The first-order valence-electron chi connectivity index (χ1n) is 11.5. The van der Waals surface area contributed by atoms with Crippen molar-refractivity contribution >= 4 is 61.1 Å². The third-order valence-corrected chi connectivity index (χ3v) is 6.83. The molecule has 0 aliphatic carbocycles. The van der Waals surface area contributed by atoms with Crippen LogP contribution in [0.4, 0.5) is 22.9 Å². The SMILES string of the molecule is [C-]#[N+]c1cnn(-c2nc3ccccc3s2)c1/N=N/c1cc2ccccc2c(C(=O)Nc2ccccc2)c1O. The first-order chi connectivity index (χ1) is 18.6. The van der Waals surface area contributed by atoms with E-state index in [1.165, 1.54) is 22.2 Å². The standard InChI is InChI=1S/C28H17N7O2S/c1-29-22-16-30-35(28-32-20-13-7-8-14-23(20)38-28)26(22)34-33-21-15-17-9-5-6-12-19(17)24(25(21)36)27(37)31-18-10-3-2-4-11-18/h2-16,36H,(H,31,37)/b34-33+. The molecule has 0 aliphatic rings. The number of hydrogen-bond acceptors (Lipinski definition) is 7. The van der Waals surface area contributed by atoms with Crippen LogP contribution >= 0.6 is 11.3 Å². The summed E-state index contributed by atoms with van der Waals surface area (Å²) in [5, 5.41) is 28.6. The number of benzene rings is 4. The Morgan fingerprint density at radius 3 is 2.58 bits per heavy atom. The van der Waals surface area contributed by atoms with Crippen molar-refractivity contribution < 1.29 is 9.90 Å². The van der Waals surface area contributed by atoms with Crippen LogP contribution in [0, 0.1) is 6.57 Å². The molecule has 2 N–H and O–H groups in total. The van der Waals surface area contributed by atoms with Crippen molar-refractivity contribution in [2.24, 2.45) is 10.2 Å². The van der Waals surface area contributed by atoms with Crippen molar-refractivity contribution in [2.45, 2.75) is 0 Å². The van der Waals surface area contributed by atoms with Crippen LogP contribution in [0.5, 0.6) is 5.75 Å². The zero-order chi connectivity index (χ0) is 26.1. The normalized spacial score (nSPS) is 11.2. The number of nitrogens with one attached hydrogen (secondary N) is 1. The summed E-state index contributed by atoms with van der Waals surface area (Å²) in [5.74, 6) is -0.637. The van der Waals surface area contributed by atoms with Crippen LogP contribution in [0.2, 0.25) is 0 Å². The second kappa shape index (κ2) is 9.57. The van der Waals surface area contributed by atoms with Crippen LogP contribution in [0.3, 0.4) is 0 Å². The Morgan fingerprint density at radius 1 is 1.00 bits per heavy atom. The van der Waals surface area contributed by atoms with E-state index in [-0.39, 0.29) is 28.5 Å². The molecule has 9 nitrogen and oxygen atoms in total. The van der Waals surface area contributed by atoms with Crippen molar-refractivity contribution in [1.82, 2.24) is 14.8 Å². The van der Waals surface area contributed by atoms with Gasteiger partial charge in [0.2, 0.25) is 5.13 Å². The van der Waals surface area contributed by atoms with E-state index in [9.17, 15) is 9.90 Å². The van der Waals surface area contributed by atoms with Gasteiger partial charge in [0.25, 0.3) is 11.6 Å². The fraction of sp³-hybridized carbons (Fsp3) is 0. The van der Waals surface area contributed by atoms with Crippen LogP contribution in [0.25, 0.3) is 31.0 Å². The number of carbonyl (C=O) groups excluding carboxylic acids is 1. The lowest BCUT2D eigenvalue weighted by Gasteiger charge is -2.12. The zero-order valence-corrected chi connectivity index (χ0v) is 20.4. The van der Waals surface area contributed by atoms with Gasteiger partial charge in [-0.25, -0.2) is 9.83 Å². The van der Waals surface area contributed by atoms with Gasteiger partial charge in [-0.3, -0.25) is 4.79 Å². The smallest absolute Gasteiger partial charge is 0.260 e. The number of aromatic nitrogens is 3. The number of phenols is 1. The molecule has 0 bridgehead atoms. The van der Waals surface area contributed by atoms with E-state index in [0.29, 0.717) is 21.6 Å². The molecule has 0 saturated heterocycles. The number of rotatable bonds is 5.